The van der Waals surface area contributed by atoms with Gasteiger partial charge in [0, 0.05) is 18.2 Å². The molecule has 0 saturated carbocycles. The Morgan fingerprint density at radius 3 is 2.90 bits per heavy atom. The second-order valence-electron chi connectivity index (χ2n) is 4.45. The number of aromatic nitrogens is 2. The van der Waals surface area contributed by atoms with E-state index >= 15 is 0 Å². The first-order chi connectivity index (χ1) is 10.2. The number of aromatic amines is 1. The molecule has 0 aliphatic rings. The number of methoxy groups -OCH3 is 1. The molecule has 1 atom stereocenters. The third-order valence-corrected chi connectivity index (χ3v) is 3.01. The zero-order valence-electron chi connectivity index (χ0n) is 12.3. The maximum absolute atomic E-state index is 11.9. The summed E-state index contributed by atoms with van der Waals surface area (Å²) in [7, 11) is 1.61. The number of hydrogen-bond donors (Lipinski definition) is 2. The highest BCUT2D eigenvalue weighted by molar-refractivity contribution is 5.93. The number of amides is 1. The smallest absolute Gasteiger partial charge is 0.254 e. The molecule has 0 aliphatic heterocycles. The van der Waals surface area contributed by atoms with Crippen LogP contribution in [-0.2, 0) is 9.53 Å². The fourth-order valence-electron chi connectivity index (χ4n) is 1.94. The molecule has 6 heteroatoms. The van der Waals surface area contributed by atoms with Crippen LogP contribution >= 0.6 is 0 Å². The van der Waals surface area contributed by atoms with Crippen molar-refractivity contribution in [2.75, 3.05) is 19.0 Å². The summed E-state index contributed by atoms with van der Waals surface area (Å²) in [5.41, 5.74) is 1.65. The van der Waals surface area contributed by atoms with Crippen molar-refractivity contribution < 1.29 is 14.3 Å². The van der Waals surface area contributed by atoms with Gasteiger partial charge in [0.05, 0.1) is 12.8 Å². The molecule has 2 N–H and O–H groups in total. The molecule has 112 valence electrons. The molecule has 0 spiro atoms. The van der Waals surface area contributed by atoms with Gasteiger partial charge in [0.25, 0.3) is 5.91 Å². The zero-order valence-corrected chi connectivity index (χ0v) is 12.3. The van der Waals surface area contributed by atoms with Crippen molar-refractivity contribution in [2.24, 2.45) is 0 Å². The second kappa shape index (κ2) is 6.90. The Bertz CT molecular complexity index is 610. The van der Waals surface area contributed by atoms with E-state index in [1.54, 1.807) is 20.1 Å². The van der Waals surface area contributed by atoms with Gasteiger partial charge in [-0.1, -0.05) is 12.1 Å². The second-order valence-corrected chi connectivity index (χ2v) is 4.45. The van der Waals surface area contributed by atoms with E-state index in [1.807, 2.05) is 31.2 Å². The summed E-state index contributed by atoms with van der Waals surface area (Å²) < 4.78 is 10.5. The third kappa shape index (κ3) is 3.61. The lowest BCUT2D eigenvalue weighted by Crippen LogP contribution is -2.27. The Hall–Kier alpha value is -2.34. The topological polar surface area (TPSA) is 76.2 Å². The molecule has 0 aliphatic carbocycles. The minimum Gasteiger partial charge on any atom is -0.496 e. The normalized spacial score (nSPS) is 12.0. The molecule has 21 heavy (non-hydrogen) atoms. The standard InChI is InChI=1S/C15H19N3O3/c1-4-21-10(2)15(19)16-14-9-12(17-18-14)11-7-5-6-8-13(11)20-3/h5-10H,4H2,1-3H3,(H2,16,17,18,19). The Kier molecular flexibility index (Phi) is 4.94. The van der Waals surface area contributed by atoms with Gasteiger partial charge in [0.1, 0.15) is 11.9 Å². The van der Waals surface area contributed by atoms with Crippen LogP contribution in [0.1, 0.15) is 13.8 Å². The van der Waals surface area contributed by atoms with Gasteiger partial charge in [-0.3, -0.25) is 9.89 Å². The summed E-state index contributed by atoms with van der Waals surface area (Å²) in [4.78, 5) is 11.9. The molecule has 1 aromatic heterocycles. The van der Waals surface area contributed by atoms with E-state index in [0.717, 1.165) is 17.0 Å². The first kappa shape index (κ1) is 15.1. The molecule has 1 heterocycles. The van der Waals surface area contributed by atoms with Crippen molar-refractivity contribution in [3.63, 3.8) is 0 Å². The number of hydrogen-bond acceptors (Lipinski definition) is 4. The van der Waals surface area contributed by atoms with Crippen LogP contribution in [0.4, 0.5) is 5.82 Å². The number of carbonyl (C=O) groups excluding carboxylic acids is 1. The minimum absolute atomic E-state index is 0.227. The number of ether oxygens (including phenoxy) is 2. The predicted octanol–water partition coefficient (Wildman–Crippen LogP) is 2.45. The fraction of sp³-hybridized carbons (Fsp3) is 0.333. The van der Waals surface area contributed by atoms with Crippen molar-refractivity contribution in [2.45, 2.75) is 20.0 Å². The molecule has 1 aromatic carbocycles. The largest absolute Gasteiger partial charge is 0.496 e. The number of anilines is 1. The highest BCUT2D eigenvalue weighted by Gasteiger charge is 2.15. The highest BCUT2D eigenvalue weighted by atomic mass is 16.5. The van der Waals surface area contributed by atoms with Crippen LogP contribution in [0.25, 0.3) is 11.3 Å². The monoisotopic (exact) mass is 289 g/mol. The number of nitrogens with zero attached hydrogens (tertiary/aromatic N) is 1. The summed E-state index contributed by atoms with van der Waals surface area (Å²) >= 11 is 0. The average molecular weight is 289 g/mol. The van der Waals surface area contributed by atoms with Gasteiger partial charge in [-0.05, 0) is 26.0 Å². The van der Waals surface area contributed by atoms with Crippen LogP contribution in [0.5, 0.6) is 5.75 Å². The molecule has 0 bridgehead atoms. The Morgan fingerprint density at radius 2 is 2.19 bits per heavy atom. The van der Waals surface area contributed by atoms with Crippen LogP contribution in [0, 0.1) is 0 Å². The van der Waals surface area contributed by atoms with Crippen molar-refractivity contribution in [3.8, 4) is 17.0 Å². The van der Waals surface area contributed by atoms with Crippen LogP contribution in [0.2, 0.25) is 0 Å². The molecule has 0 fully saturated rings. The Labute approximate surface area is 123 Å². The van der Waals surface area contributed by atoms with E-state index in [1.165, 1.54) is 0 Å². The molecule has 1 unspecified atom stereocenters. The van der Waals surface area contributed by atoms with E-state index < -0.39 is 6.10 Å². The molecular formula is C15H19N3O3. The van der Waals surface area contributed by atoms with Crippen LogP contribution in [-0.4, -0.2) is 35.9 Å². The Morgan fingerprint density at radius 1 is 1.43 bits per heavy atom. The zero-order chi connectivity index (χ0) is 15.2. The van der Waals surface area contributed by atoms with Gasteiger partial charge in [-0.25, -0.2) is 0 Å². The summed E-state index contributed by atoms with van der Waals surface area (Å²) in [6, 6.07) is 9.35. The van der Waals surface area contributed by atoms with Crippen molar-refractivity contribution in [3.05, 3.63) is 30.3 Å². The third-order valence-electron chi connectivity index (χ3n) is 3.01. The van der Waals surface area contributed by atoms with Gasteiger partial charge in [-0.2, -0.15) is 5.10 Å². The van der Waals surface area contributed by atoms with Crippen LogP contribution in [0.3, 0.4) is 0 Å². The van der Waals surface area contributed by atoms with Gasteiger partial charge in [0.15, 0.2) is 5.82 Å². The molecular weight excluding hydrogens is 270 g/mol. The van der Waals surface area contributed by atoms with E-state index in [4.69, 9.17) is 9.47 Å². The first-order valence-electron chi connectivity index (χ1n) is 6.77. The lowest BCUT2D eigenvalue weighted by molar-refractivity contribution is -0.126. The fourth-order valence-corrected chi connectivity index (χ4v) is 1.94. The van der Waals surface area contributed by atoms with Crippen molar-refractivity contribution >= 4 is 11.7 Å². The molecule has 6 nitrogen and oxygen atoms in total. The highest BCUT2D eigenvalue weighted by Crippen LogP contribution is 2.29. The SMILES string of the molecule is CCOC(C)C(=O)Nc1cc(-c2ccccc2OC)[nH]n1. The number of para-hydroxylation sites is 1. The van der Waals surface area contributed by atoms with Crippen molar-refractivity contribution in [1.29, 1.82) is 0 Å². The molecule has 1 amide bonds. The average Bonchev–Trinajstić information content (AvgIpc) is 2.95. The van der Waals surface area contributed by atoms with E-state index in [2.05, 4.69) is 15.5 Å². The number of H-pyrrole nitrogens is 1. The summed E-state index contributed by atoms with van der Waals surface area (Å²) in [6.45, 7) is 4.03. The molecule has 0 saturated heterocycles. The number of carbonyl (C=O) groups is 1. The van der Waals surface area contributed by atoms with Gasteiger partial charge < -0.3 is 14.8 Å². The number of benzene rings is 1. The lowest BCUT2D eigenvalue weighted by atomic mass is 10.1. The van der Waals surface area contributed by atoms with E-state index in [-0.39, 0.29) is 5.91 Å². The van der Waals surface area contributed by atoms with E-state index in [9.17, 15) is 4.79 Å². The summed E-state index contributed by atoms with van der Waals surface area (Å²) in [5, 5.41) is 9.68. The molecule has 0 radical (unpaired) electrons. The molecule has 2 aromatic rings. The van der Waals surface area contributed by atoms with Crippen molar-refractivity contribution in [1.82, 2.24) is 10.2 Å². The summed E-state index contributed by atoms with van der Waals surface area (Å²) in [5.74, 6) is 0.962. The lowest BCUT2D eigenvalue weighted by Gasteiger charge is -2.09. The van der Waals surface area contributed by atoms with Gasteiger partial charge in [0.2, 0.25) is 0 Å². The molecule has 2 rings (SSSR count). The van der Waals surface area contributed by atoms with Gasteiger partial charge >= 0.3 is 0 Å². The van der Waals surface area contributed by atoms with Crippen LogP contribution in [0.15, 0.2) is 30.3 Å². The number of rotatable bonds is 6. The minimum atomic E-state index is -0.513. The maximum Gasteiger partial charge on any atom is 0.254 e. The number of nitrogens with one attached hydrogen (secondary N) is 2. The van der Waals surface area contributed by atoms with Gasteiger partial charge in [-0.15, -0.1) is 0 Å². The first-order valence-corrected chi connectivity index (χ1v) is 6.77. The van der Waals surface area contributed by atoms with Crippen LogP contribution < -0.4 is 10.1 Å². The predicted molar refractivity (Wildman–Crippen MR) is 80.3 cm³/mol. The quantitative estimate of drug-likeness (QED) is 0.856. The Balaban J connectivity index is 2.13. The summed E-state index contributed by atoms with van der Waals surface area (Å²) in [6.07, 6.45) is -0.513. The van der Waals surface area contributed by atoms with E-state index in [0.29, 0.717) is 12.4 Å². The maximum atomic E-state index is 11.9.